The predicted octanol–water partition coefficient (Wildman–Crippen LogP) is 5.06. The van der Waals surface area contributed by atoms with Gasteiger partial charge < -0.3 is 34.2 Å². The van der Waals surface area contributed by atoms with Crippen molar-refractivity contribution >= 4 is 65.3 Å². The maximum absolute atomic E-state index is 12.6. The van der Waals surface area contributed by atoms with Crippen molar-refractivity contribution in [1.29, 1.82) is 0 Å². The summed E-state index contributed by atoms with van der Waals surface area (Å²) in [5, 5.41) is 3.83. The average Bonchev–Trinajstić information content (AvgIpc) is 3.03. The van der Waals surface area contributed by atoms with Crippen LogP contribution in [0.1, 0.15) is 82.3 Å². The lowest BCUT2D eigenvalue weighted by atomic mass is 10.1. The third-order valence-electron chi connectivity index (χ3n) is 7.84. The fourth-order valence-electron chi connectivity index (χ4n) is 5.24. The van der Waals surface area contributed by atoms with Gasteiger partial charge >= 0.3 is 18.0 Å². The van der Waals surface area contributed by atoms with E-state index in [1.165, 1.54) is 26.6 Å². The molecule has 0 bridgehead atoms. The number of nitrogens with zero attached hydrogens (tertiary/aromatic N) is 7. The molecule has 48 heavy (non-hydrogen) atoms. The van der Waals surface area contributed by atoms with Gasteiger partial charge in [-0.25, -0.2) is 34.3 Å². The van der Waals surface area contributed by atoms with E-state index in [4.69, 9.17) is 27.9 Å². The number of hydrogen-bond acceptors (Lipinski definition) is 13. The summed E-state index contributed by atoms with van der Waals surface area (Å²) in [6.45, 7) is 16.5. The van der Waals surface area contributed by atoms with E-state index in [-0.39, 0.29) is 58.3 Å². The first-order valence-corrected chi connectivity index (χ1v) is 16.4. The molecular formula is C31H47Cl3N8O6. The first kappa shape index (κ1) is 41.0. The van der Waals surface area contributed by atoms with Crippen LogP contribution in [0.3, 0.4) is 0 Å². The molecule has 14 nitrogen and oxygen atoms in total. The Morgan fingerprint density at radius 2 is 1.35 bits per heavy atom. The summed E-state index contributed by atoms with van der Waals surface area (Å²) < 4.78 is 14.8. The number of carbonyl (C=O) groups is 3. The molecule has 2 saturated heterocycles. The molecule has 0 unspecified atom stereocenters. The molecule has 0 aliphatic carbocycles. The summed E-state index contributed by atoms with van der Waals surface area (Å²) in [5.74, 6) is -0.0261. The molecule has 4 atom stereocenters. The molecule has 0 radical (unpaired) electrons. The number of rotatable bonds is 6. The normalized spacial score (nSPS) is 20.9. The van der Waals surface area contributed by atoms with E-state index in [9.17, 15) is 14.4 Å². The minimum atomic E-state index is -0.592. The lowest BCUT2D eigenvalue weighted by molar-refractivity contribution is 0.0105. The van der Waals surface area contributed by atoms with Gasteiger partial charge in [0.15, 0.2) is 33.3 Å². The van der Waals surface area contributed by atoms with Gasteiger partial charge in [0, 0.05) is 44.3 Å². The van der Waals surface area contributed by atoms with Crippen LogP contribution in [-0.2, 0) is 14.2 Å². The third kappa shape index (κ3) is 10.4. The van der Waals surface area contributed by atoms with Crippen molar-refractivity contribution in [3.63, 3.8) is 0 Å². The van der Waals surface area contributed by atoms with E-state index in [0.717, 1.165) is 25.9 Å². The number of ether oxygens (including phenoxy) is 3. The van der Waals surface area contributed by atoms with Gasteiger partial charge in [0.25, 0.3) is 0 Å². The zero-order valence-corrected chi connectivity index (χ0v) is 31.3. The lowest BCUT2D eigenvalue weighted by Gasteiger charge is -2.45. The molecule has 17 heteroatoms. The summed E-state index contributed by atoms with van der Waals surface area (Å²) in [6.07, 6.45) is 4.23. The maximum Gasteiger partial charge on any atom is 0.410 e. The average molecular weight is 734 g/mol. The van der Waals surface area contributed by atoms with Crippen molar-refractivity contribution in [3.05, 3.63) is 34.1 Å². The molecule has 0 saturated carbocycles. The number of halogens is 3. The number of piperazine rings is 2. The smallest absolute Gasteiger partial charge is 0.410 e. The Morgan fingerprint density at radius 1 is 0.854 bits per heavy atom. The van der Waals surface area contributed by atoms with Crippen molar-refractivity contribution in [2.75, 3.05) is 50.2 Å². The molecule has 1 amide bonds. The zero-order valence-electron chi connectivity index (χ0n) is 29.0. The van der Waals surface area contributed by atoms with Gasteiger partial charge in [-0.1, -0.05) is 37.0 Å². The number of esters is 2. The summed E-state index contributed by atoms with van der Waals surface area (Å²) in [4.78, 5) is 58.2. The van der Waals surface area contributed by atoms with Crippen LogP contribution in [0.25, 0.3) is 0 Å². The second-order valence-electron chi connectivity index (χ2n) is 12.4. The molecule has 2 aromatic heterocycles. The van der Waals surface area contributed by atoms with Gasteiger partial charge in [0.05, 0.1) is 32.7 Å². The molecule has 4 rings (SSSR count). The summed E-state index contributed by atoms with van der Waals surface area (Å²) >= 11 is 12.5. The molecule has 2 aliphatic heterocycles. The first-order chi connectivity index (χ1) is 22.1. The summed E-state index contributed by atoms with van der Waals surface area (Å²) in [7, 11) is 2.58. The van der Waals surface area contributed by atoms with E-state index < -0.39 is 17.5 Å². The highest BCUT2D eigenvalue weighted by molar-refractivity contribution is 6.32. The quantitative estimate of drug-likeness (QED) is 0.312. The van der Waals surface area contributed by atoms with Crippen LogP contribution >= 0.6 is 35.6 Å². The Bertz CT molecular complexity index is 1410. The lowest BCUT2D eigenvalue weighted by Crippen LogP contribution is -2.60. The minimum Gasteiger partial charge on any atom is -0.464 e. The molecular weight excluding hydrogens is 687 g/mol. The van der Waals surface area contributed by atoms with Gasteiger partial charge in [-0.05, 0) is 47.5 Å². The molecule has 268 valence electrons. The highest BCUT2D eigenvalue weighted by Crippen LogP contribution is 2.29. The number of hydrogen-bond donors (Lipinski definition) is 1. The van der Waals surface area contributed by atoms with E-state index in [1.54, 1.807) is 4.90 Å². The van der Waals surface area contributed by atoms with E-state index in [2.05, 4.69) is 53.5 Å². The van der Waals surface area contributed by atoms with Gasteiger partial charge in [0.1, 0.15) is 5.60 Å². The van der Waals surface area contributed by atoms with E-state index >= 15 is 0 Å². The molecule has 2 aromatic rings. The maximum atomic E-state index is 12.6. The molecule has 2 fully saturated rings. The predicted molar refractivity (Wildman–Crippen MR) is 187 cm³/mol. The number of nitrogens with one attached hydrogen (secondary N) is 1. The second kappa shape index (κ2) is 18.0. The molecule has 4 heterocycles. The Morgan fingerprint density at radius 3 is 1.77 bits per heavy atom. The Kier molecular flexibility index (Phi) is 15.3. The Balaban J connectivity index is 0.000000340. The van der Waals surface area contributed by atoms with Crippen molar-refractivity contribution in [2.24, 2.45) is 0 Å². The highest BCUT2D eigenvalue weighted by Gasteiger charge is 2.37. The van der Waals surface area contributed by atoms with Crippen molar-refractivity contribution < 1.29 is 28.6 Å². The van der Waals surface area contributed by atoms with Crippen LogP contribution in [-0.4, -0.2) is 113 Å². The van der Waals surface area contributed by atoms with Crippen LogP contribution in [0, 0.1) is 0 Å². The summed E-state index contributed by atoms with van der Waals surface area (Å²) in [6, 6.07) is 0.586. The highest BCUT2D eigenvalue weighted by atomic mass is 35.5. The summed E-state index contributed by atoms with van der Waals surface area (Å²) in [5.41, 5.74) is -0.372. The minimum absolute atomic E-state index is 0. The van der Waals surface area contributed by atoms with Crippen molar-refractivity contribution in [2.45, 2.75) is 91.1 Å². The molecule has 2 aliphatic rings. The SMILES string of the molecule is CC[C@H]1CN(c2ncc(C(=O)OC)nc2Cl)[C@H](C)CN1.CC[C@H]1CN(c2ncc(C(=O)OC)nc2Cl)[C@H](C)CN1C(=O)OC(C)(C)C.Cl. The van der Waals surface area contributed by atoms with Gasteiger partial charge in [-0.3, -0.25) is 0 Å². The van der Waals surface area contributed by atoms with Crippen LogP contribution in [0.5, 0.6) is 0 Å². The number of aromatic nitrogens is 4. The molecule has 0 aromatic carbocycles. The number of methoxy groups -OCH3 is 2. The van der Waals surface area contributed by atoms with Gasteiger partial charge in [-0.2, -0.15) is 0 Å². The van der Waals surface area contributed by atoms with Crippen molar-refractivity contribution in [3.8, 4) is 0 Å². The topological polar surface area (TPSA) is 152 Å². The molecule has 1 N–H and O–H groups in total. The number of amides is 1. The second-order valence-corrected chi connectivity index (χ2v) is 13.1. The number of carbonyl (C=O) groups excluding carboxylic acids is 3. The largest absolute Gasteiger partial charge is 0.464 e. The molecule has 0 spiro atoms. The van der Waals surface area contributed by atoms with Crippen LogP contribution in [0.15, 0.2) is 12.4 Å². The zero-order chi connectivity index (χ0) is 35.1. The third-order valence-corrected chi connectivity index (χ3v) is 8.35. The standard InChI is InChI=1S/C18H27ClN4O4.C13H19ClN4O2.ClH/c1-7-12-10-22(11(2)9-23(12)17(25)27-18(3,4)5)15-14(19)21-13(8-20-15)16(24)26-6;1-4-9-7-18(8(2)5-15-9)12-11(14)17-10(6-16-12)13(19)20-3;/h8,11-12H,7,9-10H2,1-6H3;6,8-9,15H,4-5,7H2,1-3H3;1H/t11-,12+;8-,9+;/m11./s1. The van der Waals surface area contributed by atoms with Gasteiger partial charge in [0.2, 0.25) is 0 Å². The van der Waals surface area contributed by atoms with Gasteiger partial charge in [-0.15, -0.1) is 12.4 Å². The Hall–Kier alpha value is -3.20. The van der Waals surface area contributed by atoms with Crippen LogP contribution in [0.4, 0.5) is 16.4 Å². The Labute approximate surface area is 298 Å². The monoisotopic (exact) mass is 732 g/mol. The van der Waals surface area contributed by atoms with E-state index in [0.29, 0.717) is 30.8 Å². The first-order valence-electron chi connectivity index (χ1n) is 15.6. The van der Waals surface area contributed by atoms with E-state index in [1.807, 2.05) is 39.5 Å². The van der Waals surface area contributed by atoms with Crippen LogP contribution in [0.2, 0.25) is 10.3 Å². The number of anilines is 2. The van der Waals surface area contributed by atoms with Crippen LogP contribution < -0.4 is 15.1 Å². The van der Waals surface area contributed by atoms with Crippen molar-refractivity contribution in [1.82, 2.24) is 30.2 Å². The fraction of sp³-hybridized carbons (Fsp3) is 0.645. The fourth-order valence-corrected chi connectivity index (χ4v) is 5.73.